The highest BCUT2D eigenvalue weighted by atomic mass is 16.5. The zero-order valence-corrected chi connectivity index (χ0v) is 11.0. The molecule has 0 heterocycles. The van der Waals surface area contributed by atoms with Crippen LogP contribution in [0.2, 0.25) is 0 Å². The number of amides is 2. The first-order chi connectivity index (χ1) is 9.25. The van der Waals surface area contributed by atoms with Gasteiger partial charge in [-0.2, -0.15) is 0 Å². The number of ether oxygens (including phenoxy) is 1. The molecular weight excluding hydrogens is 242 g/mol. The van der Waals surface area contributed by atoms with Crippen LogP contribution in [0.15, 0.2) is 24.3 Å². The predicted octanol–water partition coefficient (Wildman–Crippen LogP) is 1.89. The second kappa shape index (κ2) is 6.87. The number of anilines is 1. The molecule has 1 aromatic carbocycles. The predicted molar refractivity (Wildman–Crippen MR) is 75.1 cm³/mol. The fourth-order valence-electron chi connectivity index (χ4n) is 2.24. The maximum Gasteiger partial charge on any atom is 0.315 e. The van der Waals surface area contributed by atoms with Crippen molar-refractivity contribution in [1.29, 1.82) is 0 Å². The van der Waals surface area contributed by atoms with Crippen LogP contribution in [-0.2, 0) is 0 Å². The fraction of sp³-hybridized carbons (Fsp3) is 0.500. The maximum atomic E-state index is 11.6. The van der Waals surface area contributed by atoms with E-state index in [0.29, 0.717) is 30.6 Å². The molecule has 0 atom stereocenters. The molecule has 0 saturated heterocycles. The third-order valence-corrected chi connectivity index (χ3v) is 3.25. The van der Waals surface area contributed by atoms with Gasteiger partial charge in [-0.1, -0.05) is 25.0 Å². The van der Waals surface area contributed by atoms with E-state index < -0.39 is 0 Å². The average molecular weight is 263 g/mol. The van der Waals surface area contributed by atoms with Gasteiger partial charge in [-0.3, -0.25) is 0 Å². The van der Waals surface area contributed by atoms with Crippen LogP contribution in [0.5, 0.6) is 5.75 Å². The summed E-state index contributed by atoms with van der Waals surface area (Å²) in [7, 11) is 0. The molecule has 1 saturated carbocycles. The number of hydrogen-bond acceptors (Lipinski definition) is 3. The number of nitrogens with two attached hydrogens (primary N) is 1. The Morgan fingerprint density at radius 1 is 1.32 bits per heavy atom. The van der Waals surface area contributed by atoms with Gasteiger partial charge in [-0.05, 0) is 25.0 Å². The summed E-state index contributed by atoms with van der Waals surface area (Å²) in [4.78, 5) is 11.6. The molecule has 0 aromatic heterocycles. The van der Waals surface area contributed by atoms with Crippen LogP contribution in [0.3, 0.4) is 0 Å². The normalized spacial score (nSPS) is 15.2. The molecule has 5 nitrogen and oxygen atoms in total. The maximum absolute atomic E-state index is 11.6. The summed E-state index contributed by atoms with van der Waals surface area (Å²) < 4.78 is 5.49. The minimum atomic E-state index is -0.114. The first-order valence-corrected chi connectivity index (χ1v) is 6.77. The Morgan fingerprint density at radius 2 is 2.05 bits per heavy atom. The van der Waals surface area contributed by atoms with Gasteiger partial charge in [0, 0.05) is 6.04 Å². The van der Waals surface area contributed by atoms with Gasteiger partial charge in [0.2, 0.25) is 0 Å². The van der Waals surface area contributed by atoms with Gasteiger partial charge in [0.25, 0.3) is 0 Å². The summed E-state index contributed by atoms with van der Waals surface area (Å²) in [6, 6.07) is 7.55. The van der Waals surface area contributed by atoms with E-state index in [1.165, 1.54) is 12.8 Å². The summed E-state index contributed by atoms with van der Waals surface area (Å²) >= 11 is 0. The summed E-state index contributed by atoms with van der Waals surface area (Å²) in [5.41, 5.74) is 6.36. The van der Waals surface area contributed by atoms with Crippen molar-refractivity contribution in [3.8, 4) is 5.75 Å². The summed E-state index contributed by atoms with van der Waals surface area (Å²) in [5.74, 6) is 0.653. The molecule has 0 unspecified atom stereocenters. The summed E-state index contributed by atoms with van der Waals surface area (Å²) in [5, 5.41) is 5.74. The van der Waals surface area contributed by atoms with E-state index in [4.69, 9.17) is 10.5 Å². The van der Waals surface area contributed by atoms with Crippen molar-refractivity contribution < 1.29 is 9.53 Å². The minimum Gasteiger partial charge on any atom is -0.490 e. The van der Waals surface area contributed by atoms with Crippen molar-refractivity contribution in [2.75, 3.05) is 18.9 Å². The van der Waals surface area contributed by atoms with E-state index in [9.17, 15) is 4.79 Å². The van der Waals surface area contributed by atoms with Crippen LogP contribution in [0.4, 0.5) is 10.5 Å². The lowest BCUT2D eigenvalue weighted by Gasteiger charge is -2.13. The largest absolute Gasteiger partial charge is 0.490 e. The van der Waals surface area contributed by atoms with E-state index in [0.717, 1.165) is 12.8 Å². The molecule has 0 bridgehead atoms. The first kappa shape index (κ1) is 13.5. The molecule has 2 rings (SSSR count). The van der Waals surface area contributed by atoms with Crippen molar-refractivity contribution in [3.05, 3.63) is 24.3 Å². The van der Waals surface area contributed by atoms with Crippen molar-refractivity contribution in [3.63, 3.8) is 0 Å². The number of para-hydroxylation sites is 2. The Bertz CT molecular complexity index is 417. The van der Waals surface area contributed by atoms with Crippen LogP contribution in [0, 0.1) is 0 Å². The van der Waals surface area contributed by atoms with Crippen LogP contribution in [0.1, 0.15) is 25.7 Å². The molecule has 4 N–H and O–H groups in total. The second-order valence-electron chi connectivity index (χ2n) is 4.77. The van der Waals surface area contributed by atoms with E-state index in [2.05, 4.69) is 10.6 Å². The van der Waals surface area contributed by atoms with Gasteiger partial charge in [0.05, 0.1) is 12.2 Å². The average Bonchev–Trinajstić information content (AvgIpc) is 2.89. The number of rotatable bonds is 5. The Morgan fingerprint density at radius 3 is 2.79 bits per heavy atom. The summed E-state index contributed by atoms with van der Waals surface area (Å²) in [6.45, 7) is 0.874. The molecule has 19 heavy (non-hydrogen) atoms. The monoisotopic (exact) mass is 263 g/mol. The van der Waals surface area contributed by atoms with Crippen LogP contribution in [-0.4, -0.2) is 25.2 Å². The van der Waals surface area contributed by atoms with Crippen molar-refractivity contribution in [2.45, 2.75) is 31.7 Å². The van der Waals surface area contributed by atoms with Crippen LogP contribution >= 0.6 is 0 Å². The lowest BCUT2D eigenvalue weighted by Crippen LogP contribution is -2.42. The fourth-order valence-corrected chi connectivity index (χ4v) is 2.24. The molecule has 1 aliphatic rings. The minimum absolute atomic E-state index is 0.114. The number of nitrogen functional groups attached to an aromatic ring is 1. The van der Waals surface area contributed by atoms with Gasteiger partial charge < -0.3 is 21.1 Å². The molecule has 1 fully saturated rings. The Hall–Kier alpha value is -1.91. The molecule has 2 amide bonds. The van der Waals surface area contributed by atoms with Gasteiger partial charge in [0.1, 0.15) is 12.4 Å². The summed E-state index contributed by atoms with van der Waals surface area (Å²) in [6.07, 6.45) is 4.59. The standard InChI is InChI=1S/C14H21N3O2/c15-12-7-3-4-8-13(12)19-10-9-16-14(18)17-11-5-1-2-6-11/h3-4,7-8,11H,1-2,5-6,9-10,15H2,(H2,16,17,18). The first-order valence-electron chi connectivity index (χ1n) is 6.77. The smallest absolute Gasteiger partial charge is 0.315 e. The topological polar surface area (TPSA) is 76.4 Å². The van der Waals surface area contributed by atoms with Crippen LogP contribution in [0.25, 0.3) is 0 Å². The number of benzene rings is 1. The van der Waals surface area contributed by atoms with E-state index in [-0.39, 0.29) is 6.03 Å². The number of carbonyl (C=O) groups is 1. The van der Waals surface area contributed by atoms with E-state index in [1.807, 2.05) is 18.2 Å². The molecular formula is C14H21N3O2. The highest BCUT2D eigenvalue weighted by Crippen LogP contribution is 2.19. The molecule has 104 valence electrons. The highest BCUT2D eigenvalue weighted by Gasteiger charge is 2.16. The molecule has 1 aliphatic carbocycles. The van der Waals surface area contributed by atoms with Gasteiger partial charge in [0.15, 0.2) is 0 Å². The molecule has 1 aromatic rings. The number of urea groups is 1. The molecule has 0 spiro atoms. The van der Waals surface area contributed by atoms with E-state index >= 15 is 0 Å². The van der Waals surface area contributed by atoms with Gasteiger partial charge in [-0.15, -0.1) is 0 Å². The Labute approximate surface area is 113 Å². The molecule has 0 aliphatic heterocycles. The lowest BCUT2D eigenvalue weighted by atomic mass is 10.2. The third-order valence-electron chi connectivity index (χ3n) is 3.25. The SMILES string of the molecule is Nc1ccccc1OCCNC(=O)NC1CCCC1. The molecule has 0 radical (unpaired) electrons. The highest BCUT2D eigenvalue weighted by molar-refractivity contribution is 5.74. The molecule has 5 heteroatoms. The lowest BCUT2D eigenvalue weighted by molar-refractivity contribution is 0.233. The second-order valence-corrected chi connectivity index (χ2v) is 4.77. The van der Waals surface area contributed by atoms with Gasteiger partial charge in [-0.25, -0.2) is 4.79 Å². The van der Waals surface area contributed by atoms with Gasteiger partial charge >= 0.3 is 6.03 Å². The van der Waals surface area contributed by atoms with Crippen molar-refractivity contribution in [1.82, 2.24) is 10.6 Å². The zero-order chi connectivity index (χ0) is 13.5. The van der Waals surface area contributed by atoms with Crippen LogP contribution < -0.4 is 21.1 Å². The van der Waals surface area contributed by atoms with E-state index in [1.54, 1.807) is 6.07 Å². The van der Waals surface area contributed by atoms with Crippen molar-refractivity contribution in [2.24, 2.45) is 0 Å². The zero-order valence-electron chi connectivity index (χ0n) is 11.0. The Kier molecular flexibility index (Phi) is 4.89. The number of hydrogen-bond donors (Lipinski definition) is 3. The number of carbonyl (C=O) groups excluding carboxylic acids is 1. The van der Waals surface area contributed by atoms with Crippen molar-refractivity contribution >= 4 is 11.7 Å². The number of nitrogens with one attached hydrogen (secondary N) is 2. The quantitative estimate of drug-likeness (QED) is 0.561. The third kappa shape index (κ3) is 4.35. The Balaban J connectivity index is 1.61.